The van der Waals surface area contributed by atoms with Crippen molar-refractivity contribution >= 4 is 23.3 Å². The molecule has 5 nitrogen and oxygen atoms in total. The number of anilines is 1. The van der Waals surface area contributed by atoms with Crippen molar-refractivity contribution in [2.45, 2.75) is 0 Å². The average Bonchev–Trinajstić information content (AvgIpc) is 3.00. The molecule has 0 fully saturated rings. The van der Waals surface area contributed by atoms with Crippen molar-refractivity contribution in [3.63, 3.8) is 0 Å². The fourth-order valence-electron chi connectivity index (χ4n) is 1.75. The highest BCUT2D eigenvalue weighted by Crippen LogP contribution is 2.20. The van der Waals surface area contributed by atoms with Crippen molar-refractivity contribution in [2.24, 2.45) is 0 Å². The van der Waals surface area contributed by atoms with Gasteiger partial charge < -0.3 is 9.84 Å². The molecule has 6 heteroatoms. The minimum absolute atomic E-state index is 0.186. The summed E-state index contributed by atoms with van der Waals surface area (Å²) in [6.45, 7) is 0. The number of benzene rings is 1. The molecule has 3 rings (SSSR count). The van der Waals surface area contributed by atoms with E-state index in [2.05, 4.69) is 15.5 Å². The number of carbonyl (C=O) groups is 1. The van der Waals surface area contributed by atoms with Gasteiger partial charge in [0.2, 0.25) is 0 Å². The summed E-state index contributed by atoms with van der Waals surface area (Å²) in [7, 11) is 0. The Hall–Kier alpha value is -2.66. The molecule has 0 aliphatic heterocycles. The second-order valence-corrected chi connectivity index (χ2v) is 4.69. The van der Waals surface area contributed by atoms with E-state index in [1.807, 2.05) is 30.3 Å². The summed E-state index contributed by atoms with van der Waals surface area (Å²) in [4.78, 5) is 16.0. The molecule has 2 heterocycles. The van der Waals surface area contributed by atoms with Crippen molar-refractivity contribution in [3.8, 4) is 11.3 Å². The van der Waals surface area contributed by atoms with Crippen LogP contribution in [0, 0.1) is 0 Å². The van der Waals surface area contributed by atoms with Gasteiger partial charge in [0.1, 0.15) is 5.82 Å². The van der Waals surface area contributed by atoms with E-state index >= 15 is 0 Å². The Bertz CT molecular complexity index is 754. The molecule has 0 atom stereocenters. The van der Waals surface area contributed by atoms with Crippen LogP contribution in [0.5, 0.6) is 0 Å². The Morgan fingerprint density at radius 1 is 1.14 bits per heavy atom. The van der Waals surface area contributed by atoms with Gasteiger partial charge in [-0.2, -0.15) is 0 Å². The van der Waals surface area contributed by atoms with Gasteiger partial charge in [-0.15, -0.1) is 0 Å². The minimum Gasteiger partial charge on any atom is -0.355 e. The van der Waals surface area contributed by atoms with Crippen LogP contribution < -0.4 is 5.32 Å². The maximum absolute atomic E-state index is 12.0. The largest absolute Gasteiger partial charge is 0.355 e. The van der Waals surface area contributed by atoms with Gasteiger partial charge in [-0.1, -0.05) is 47.1 Å². The van der Waals surface area contributed by atoms with Gasteiger partial charge in [-0.25, -0.2) is 4.98 Å². The Kier molecular flexibility index (Phi) is 3.66. The minimum atomic E-state index is -0.393. The molecule has 0 aliphatic rings. The van der Waals surface area contributed by atoms with Crippen LogP contribution in [0.25, 0.3) is 11.3 Å². The first-order valence-corrected chi connectivity index (χ1v) is 6.55. The highest BCUT2D eigenvalue weighted by atomic mass is 35.5. The van der Waals surface area contributed by atoms with Gasteiger partial charge in [0, 0.05) is 17.8 Å². The first kappa shape index (κ1) is 13.3. The zero-order valence-corrected chi connectivity index (χ0v) is 11.5. The van der Waals surface area contributed by atoms with Gasteiger partial charge in [0.15, 0.2) is 11.5 Å². The molecule has 3 aromatic rings. The summed E-state index contributed by atoms with van der Waals surface area (Å²) in [5, 5.41) is 6.89. The Labute approximate surface area is 125 Å². The number of hydrogen-bond donors (Lipinski definition) is 1. The molecule has 2 aromatic heterocycles. The average molecular weight is 300 g/mol. The highest BCUT2D eigenvalue weighted by molar-refractivity contribution is 6.30. The van der Waals surface area contributed by atoms with Crippen LogP contribution in [0.1, 0.15) is 10.5 Å². The molecule has 1 aromatic carbocycles. The van der Waals surface area contributed by atoms with Crippen molar-refractivity contribution in [1.29, 1.82) is 0 Å². The number of aromatic nitrogens is 2. The molecule has 0 aliphatic carbocycles. The van der Waals surface area contributed by atoms with Gasteiger partial charge in [0.05, 0.1) is 5.02 Å². The summed E-state index contributed by atoms with van der Waals surface area (Å²) >= 11 is 5.73. The van der Waals surface area contributed by atoms with Crippen LogP contribution >= 0.6 is 11.6 Å². The first-order chi connectivity index (χ1) is 10.2. The highest BCUT2D eigenvalue weighted by Gasteiger charge is 2.14. The van der Waals surface area contributed by atoms with Gasteiger partial charge in [-0.3, -0.25) is 4.79 Å². The molecule has 0 radical (unpaired) electrons. The summed E-state index contributed by atoms with van der Waals surface area (Å²) < 4.78 is 5.18. The lowest BCUT2D eigenvalue weighted by molar-refractivity contribution is 0.101. The maximum atomic E-state index is 12.0. The van der Waals surface area contributed by atoms with Crippen molar-refractivity contribution < 1.29 is 9.32 Å². The van der Waals surface area contributed by atoms with Gasteiger partial charge in [-0.05, 0) is 12.1 Å². The summed E-state index contributed by atoms with van der Waals surface area (Å²) in [5.41, 5.74) is 1.04. The summed E-state index contributed by atoms with van der Waals surface area (Å²) in [6.07, 6.45) is 1.45. The smallest absolute Gasteiger partial charge is 0.279 e. The van der Waals surface area contributed by atoms with E-state index in [1.54, 1.807) is 18.2 Å². The summed E-state index contributed by atoms with van der Waals surface area (Å²) in [6, 6.07) is 14.3. The molecule has 1 N–H and O–H groups in total. The first-order valence-electron chi connectivity index (χ1n) is 6.17. The Morgan fingerprint density at radius 3 is 2.67 bits per heavy atom. The number of halogens is 1. The van der Waals surface area contributed by atoms with E-state index in [9.17, 15) is 4.79 Å². The lowest BCUT2D eigenvalue weighted by Crippen LogP contribution is -2.13. The second kappa shape index (κ2) is 5.76. The van der Waals surface area contributed by atoms with E-state index in [4.69, 9.17) is 16.1 Å². The molecule has 0 unspecified atom stereocenters. The van der Waals surface area contributed by atoms with Gasteiger partial charge >= 0.3 is 0 Å². The van der Waals surface area contributed by atoms with Crippen LogP contribution in [0.3, 0.4) is 0 Å². The molecule has 0 bridgehead atoms. The lowest BCUT2D eigenvalue weighted by atomic mass is 10.1. The van der Waals surface area contributed by atoms with Crippen LogP contribution in [0.2, 0.25) is 5.02 Å². The normalized spacial score (nSPS) is 10.3. The van der Waals surface area contributed by atoms with Crippen LogP contribution in [0.15, 0.2) is 59.3 Å². The predicted octanol–water partition coefficient (Wildman–Crippen LogP) is 3.64. The van der Waals surface area contributed by atoms with Crippen molar-refractivity contribution in [2.75, 3.05) is 5.32 Å². The molecule has 0 saturated carbocycles. The SMILES string of the molecule is O=C(Nc1ccc(Cl)cn1)c1cc(-c2ccccc2)on1. The third-order valence-corrected chi connectivity index (χ3v) is 2.99. The molecule has 104 valence electrons. The third kappa shape index (κ3) is 3.09. The zero-order chi connectivity index (χ0) is 14.7. The van der Waals surface area contributed by atoms with Crippen molar-refractivity contribution in [1.82, 2.24) is 10.1 Å². The Morgan fingerprint density at radius 2 is 1.95 bits per heavy atom. The lowest BCUT2D eigenvalue weighted by Gasteiger charge is -2.00. The van der Waals surface area contributed by atoms with E-state index < -0.39 is 5.91 Å². The molecule has 21 heavy (non-hydrogen) atoms. The van der Waals surface area contributed by atoms with Crippen LogP contribution in [-0.2, 0) is 0 Å². The van der Waals surface area contributed by atoms with E-state index in [0.717, 1.165) is 5.56 Å². The second-order valence-electron chi connectivity index (χ2n) is 4.26. The molecule has 0 saturated heterocycles. The fourth-order valence-corrected chi connectivity index (χ4v) is 1.86. The number of nitrogens with one attached hydrogen (secondary N) is 1. The standard InChI is InChI=1S/C15H10ClN3O2/c16-11-6-7-14(17-9-11)18-15(20)12-8-13(21-19-12)10-4-2-1-3-5-10/h1-9H,(H,17,18,20). The quantitative estimate of drug-likeness (QED) is 0.801. The summed E-state index contributed by atoms with van der Waals surface area (Å²) in [5.74, 6) is 0.536. The van der Waals surface area contributed by atoms with E-state index in [-0.39, 0.29) is 5.69 Å². The molecular weight excluding hydrogens is 290 g/mol. The topological polar surface area (TPSA) is 68.0 Å². The number of carbonyl (C=O) groups excluding carboxylic acids is 1. The number of pyridine rings is 1. The number of rotatable bonds is 3. The van der Waals surface area contributed by atoms with E-state index in [0.29, 0.717) is 16.6 Å². The number of nitrogens with zero attached hydrogens (tertiary/aromatic N) is 2. The molecule has 0 spiro atoms. The molecular formula is C15H10ClN3O2. The number of amides is 1. The monoisotopic (exact) mass is 299 g/mol. The Balaban J connectivity index is 1.77. The molecule has 1 amide bonds. The maximum Gasteiger partial charge on any atom is 0.279 e. The van der Waals surface area contributed by atoms with Gasteiger partial charge in [0.25, 0.3) is 5.91 Å². The van der Waals surface area contributed by atoms with E-state index in [1.165, 1.54) is 6.20 Å². The number of hydrogen-bond acceptors (Lipinski definition) is 4. The van der Waals surface area contributed by atoms with Crippen LogP contribution in [0.4, 0.5) is 5.82 Å². The van der Waals surface area contributed by atoms with Crippen molar-refractivity contribution in [3.05, 3.63) is 65.4 Å². The zero-order valence-electron chi connectivity index (χ0n) is 10.8. The fraction of sp³-hybridized carbons (Fsp3) is 0. The predicted molar refractivity (Wildman–Crippen MR) is 79.1 cm³/mol. The van der Waals surface area contributed by atoms with Crippen LogP contribution in [-0.4, -0.2) is 16.0 Å². The third-order valence-electron chi connectivity index (χ3n) is 2.77.